The van der Waals surface area contributed by atoms with Crippen molar-refractivity contribution in [1.29, 1.82) is 5.26 Å². The molecule has 32 heavy (non-hydrogen) atoms. The van der Waals surface area contributed by atoms with Crippen molar-refractivity contribution in [2.24, 2.45) is 0 Å². The van der Waals surface area contributed by atoms with Crippen molar-refractivity contribution in [1.82, 2.24) is 15.2 Å². The Morgan fingerprint density at radius 2 is 1.84 bits per heavy atom. The zero-order valence-corrected chi connectivity index (χ0v) is 18.2. The molecule has 0 bridgehead atoms. The van der Waals surface area contributed by atoms with Crippen LogP contribution in [0.25, 0.3) is 11.3 Å². The zero-order chi connectivity index (χ0) is 22.7. The molecule has 2 aromatic rings. The molecule has 4 rings (SSSR count). The van der Waals surface area contributed by atoms with Crippen LogP contribution in [0.5, 0.6) is 0 Å². The van der Waals surface area contributed by atoms with Gasteiger partial charge in [-0.25, -0.2) is 4.98 Å². The molecule has 1 aliphatic carbocycles. The van der Waals surface area contributed by atoms with Crippen molar-refractivity contribution >= 4 is 17.6 Å². The number of aliphatic hydroxyl groups is 1. The zero-order valence-electron chi connectivity index (χ0n) is 18.2. The third-order valence-corrected chi connectivity index (χ3v) is 6.02. The van der Waals surface area contributed by atoms with Crippen LogP contribution in [0.3, 0.4) is 0 Å². The molecule has 2 N–H and O–H groups in total. The van der Waals surface area contributed by atoms with E-state index >= 15 is 0 Å². The van der Waals surface area contributed by atoms with Crippen LogP contribution >= 0.6 is 0 Å². The molecule has 1 aliphatic heterocycles. The van der Waals surface area contributed by atoms with Crippen LogP contribution in [0.1, 0.15) is 30.0 Å². The standard InChI is InChI=1S/C24H27N5O3/c1-16(30)15-26-23(31)24(32)29-12-10-28(11-13-29)22-20(14-25)18-8-5-9-19(18)21(27-22)17-6-3-2-4-7-17/h2-4,6-7,16,30H,5,8-13,15H2,1H3,(H,26,31). The van der Waals surface area contributed by atoms with Crippen LogP contribution in [-0.4, -0.2) is 65.6 Å². The molecule has 1 fully saturated rings. The molecule has 2 amide bonds. The number of anilines is 1. The number of pyridine rings is 1. The molecule has 0 radical (unpaired) electrons. The van der Waals surface area contributed by atoms with Gasteiger partial charge in [0.15, 0.2) is 0 Å². The lowest BCUT2D eigenvalue weighted by molar-refractivity contribution is -0.146. The number of nitrogens with zero attached hydrogens (tertiary/aromatic N) is 4. The smallest absolute Gasteiger partial charge is 0.312 e. The highest BCUT2D eigenvalue weighted by Crippen LogP contribution is 2.37. The summed E-state index contributed by atoms with van der Waals surface area (Å²) in [5.41, 5.74) is 4.86. The van der Waals surface area contributed by atoms with Crippen molar-refractivity contribution < 1.29 is 14.7 Å². The SMILES string of the molecule is CC(O)CNC(=O)C(=O)N1CCN(c2nc(-c3ccccc3)c3c(c2C#N)CCC3)CC1. The number of piperazine rings is 1. The maximum absolute atomic E-state index is 12.4. The summed E-state index contributed by atoms with van der Waals surface area (Å²) >= 11 is 0. The second-order valence-corrected chi connectivity index (χ2v) is 8.29. The number of carbonyl (C=O) groups is 2. The molecule has 1 aromatic heterocycles. The second kappa shape index (κ2) is 9.37. The lowest BCUT2D eigenvalue weighted by Gasteiger charge is -2.36. The van der Waals surface area contributed by atoms with Gasteiger partial charge in [-0.05, 0) is 37.3 Å². The third kappa shape index (κ3) is 4.30. The van der Waals surface area contributed by atoms with Crippen LogP contribution in [0, 0.1) is 11.3 Å². The molecule has 8 heteroatoms. The number of nitriles is 1. The van der Waals surface area contributed by atoms with Crippen LogP contribution in [0.4, 0.5) is 5.82 Å². The van der Waals surface area contributed by atoms with E-state index in [1.165, 1.54) is 10.5 Å². The summed E-state index contributed by atoms with van der Waals surface area (Å²) in [7, 11) is 0. The molecule has 0 saturated carbocycles. The summed E-state index contributed by atoms with van der Waals surface area (Å²) < 4.78 is 0. The number of aromatic nitrogens is 1. The minimum absolute atomic E-state index is 0.0391. The van der Waals surface area contributed by atoms with E-state index in [0.29, 0.717) is 37.6 Å². The lowest BCUT2D eigenvalue weighted by atomic mass is 9.98. The Hall–Kier alpha value is -3.44. The average Bonchev–Trinajstić information content (AvgIpc) is 3.31. The van der Waals surface area contributed by atoms with Crippen molar-refractivity contribution in [3.05, 3.63) is 47.0 Å². The van der Waals surface area contributed by atoms with Gasteiger partial charge in [-0.2, -0.15) is 5.26 Å². The fourth-order valence-corrected chi connectivity index (χ4v) is 4.41. The predicted molar refractivity (Wildman–Crippen MR) is 120 cm³/mol. The monoisotopic (exact) mass is 433 g/mol. The normalized spacial score (nSPS) is 16.3. The quantitative estimate of drug-likeness (QED) is 0.703. The van der Waals surface area contributed by atoms with Gasteiger partial charge in [0.25, 0.3) is 0 Å². The predicted octanol–water partition coefficient (Wildman–Crippen LogP) is 1.25. The number of nitrogens with one attached hydrogen (secondary N) is 1. The highest BCUT2D eigenvalue weighted by Gasteiger charge is 2.30. The number of rotatable bonds is 4. The van der Waals surface area contributed by atoms with Gasteiger partial charge in [0.1, 0.15) is 11.9 Å². The number of fused-ring (bicyclic) bond motifs is 1. The summed E-state index contributed by atoms with van der Waals surface area (Å²) in [6.07, 6.45) is 2.09. The van der Waals surface area contributed by atoms with Crippen LogP contribution in [0.2, 0.25) is 0 Å². The Labute approximate surface area is 187 Å². The first-order chi connectivity index (χ1) is 15.5. The number of amides is 2. The number of hydrogen-bond acceptors (Lipinski definition) is 6. The summed E-state index contributed by atoms with van der Waals surface area (Å²) in [6, 6.07) is 12.4. The fourth-order valence-electron chi connectivity index (χ4n) is 4.41. The molecule has 1 atom stereocenters. The summed E-state index contributed by atoms with van der Waals surface area (Å²) in [6.45, 7) is 3.30. The maximum Gasteiger partial charge on any atom is 0.312 e. The molecule has 1 aromatic carbocycles. The number of benzene rings is 1. The Kier molecular flexibility index (Phi) is 6.37. The first-order valence-corrected chi connectivity index (χ1v) is 11.0. The Morgan fingerprint density at radius 3 is 2.50 bits per heavy atom. The summed E-state index contributed by atoms with van der Waals surface area (Å²) in [4.78, 5) is 33.0. The van der Waals surface area contributed by atoms with Crippen molar-refractivity contribution in [3.63, 3.8) is 0 Å². The highest BCUT2D eigenvalue weighted by atomic mass is 16.3. The second-order valence-electron chi connectivity index (χ2n) is 8.29. The van der Waals surface area contributed by atoms with Crippen LogP contribution in [-0.2, 0) is 22.4 Å². The van der Waals surface area contributed by atoms with Crippen molar-refractivity contribution in [2.75, 3.05) is 37.6 Å². The third-order valence-electron chi connectivity index (χ3n) is 6.02. The van der Waals surface area contributed by atoms with Crippen LogP contribution < -0.4 is 10.2 Å². The molecule has 1 saturated heterocycles. The molecule has 8 nitrogen and oxygen atoms in total. The van der Waals surface area contributed by atoms with Gasteiger partial charge >= 0.3 is 11.8 Å². The largest absolute Gasteiger partial charge is 0.392 e. The van der Waals surface area contributed by atoms with Gasteiger partial charge in [0, 0.05) is 38.3 Å². The molecule has 2 heterocycles. The van der Waals surface area contributed by atoms with E-state index in [2.05, 4.69) is 11.4 Å². The van der Waals surface area contributed by atoms with E-state index in [4.69, 9.17) is 4.98 Å². The Balaban J connectivity index is 1.56. The number of carbonyl (C=O) groups excluding carboxylic acids is 2. The Morgan fingerprint density at radius 1 is 1.16 bits per heavy atom. The van der Waals surface area contributed by atoms with Gasteiger partial charge in [0.2, 0.25) is 0 Å². The van der Waals surface area contributed by atoms with E-state index in [0.717, 1.165) is 36.1 Å². The van der Waals surface area contributed by atoms with Gasteiger partial charge in [-0.15, -0.1) is 0 Å². The van der Waals surface area contributed by atoms with Crippen LogP contribution in [0.15, 0.2) is 30.3 Å². The topological polar surface area (TPSA) is 110 Å². The lowest BCUT2D eigenvalue weighted by Crippen LogP contribution is -2.53. The van der Waals surface area contributed by atoms with Crippen molar-refractivity contribution in [2.45, 2.75) is 32.3 Å². The molecule has 2 aliphatic rings. The highest BCUT2D eigenvalue weighted by molar-refractivity contribution is 6.35. The van der Waals surface area contributed by atoms with Gasteiger partial charge in [0.05, 0.1) is 17.4 Å². The van der Waals surface area contributed by atoms with Gasteiger partial charge < -0.3 is 20.2 Å². The minimum Gasteiger partial charge on any atom is -0.392 e. The van der Waals surface area contributed by atoms with E-state index in [-0.39, 0.29) is 6.54 Å². The molecule has 0 spiro atoms. The van der Waals surface area contributed by atoms with Gasteiger partial charge in [-0.1, -0.05) is 30.3 Å². The van der Waals surface area contributed by atoms with E-state index in [1.54, 1.807) is 6.92 Å². The molecular weight excluding hydrogens is 406 g/mol. The van der Waals surface area contributed by atoms with Gasteiger partial charge in [-0.3, -0.25) is 9.59 Å². The number of aliphatic hydroxyl groups excluding tert-OH is 1. The van der Waals surface area contributed by atoms with Crippen molar-refractivity contribution in [3.8, 4) is 17.3 Å². The van der Waals surface area contributed by atoms with E-state index < -0.39 is 17.9 Å². The fraction of sp³-hybridized carbons (Fsp3) is 0.417. The summed E-state index contributed by atoms with van der Waals surface area (Å²) in [5, 5.41) is 21.7. The number of hydrogen-bond donors (Lipinski definition) is 2. The maximum atomic E-state index is 12.4. The molecule has 166 valence electrons. The van der Waals surface area contributed by atoms with E-state index in [9.17, 15) is 20.0 Å². The van der Waals surface area contributed by atoms with E-state index in [1.807, 2.05) is 35.2 Å². The first kappa shape index (κ1) is 21.8. The average molecular weight is 434 g/mol. The first-order valence-electron chi connectivity index (χ1n) is 11.0. The Bertz CT molecular complexity index is 1050. The molecule has 1 unspecified atom stereocenters. The molecular formula is C24H27N5O3. The summed E-state index contributed by atoms with van der Waals surface area (Å²) in [5.74, 6) is -0.644. The minimum atomic E-state index is -0.710.